The first-order valence-electron chi connectivity index (χ1n) is 10.3. The van der Waals surface area contributed by atoms with Gasteiger partial charge in [0.2, 0.25) is 5.91 Å². The summed E-state index contributed by atoms with van der Waals surface area (Å²) in [6, 6.07) is 12.2. The van der Waals surface area contributed by atoms with Crippen LogP contribution in [0.2, 0.25) is 10.0 Å². The minimum absolute atomic E-state index is 0.00314. The van der Waals surface area contributed by atoms with Crippen molar-refractivity contribution in [2.24, 2.45) is 5.41 Å². The van der Waals surface area contributed by atoms with Gasteiger partial charge in [0.1, 0.15) is 0 Å². The van der Waals surface area contributed by atoms with Crippen molar-refractivity contribution in [1.29, 1.82) is 0 Å². The van der Waals surface area contributed by atoms with Crippen molar-refractivity contribution < 1.29 is 9.59 Å². The summed E-state index contributed by atoms with van der Waals surface area (Å²) in [6.07, 6.45) is 0.567. The number of urea groups is 1. The highest BCUT2D eigenvalue weighted by atomic mass is 35.5. The molecule has 6 nitrogen and oxygen atoms in total. The Labute approximate surface area is 193 Å². The number of benzene rings is 2. The van der Waals surface area contributed by atoms with Crippen LogP contribution in [0, 0.1) is 5.41 Å². The average Bonchev–Trinajstić information content (AvgIpc) is 2.70. The Balaban J connectivity index is 1.50. The van der Waals surface area contributed by atoms with Crippen LogP contribution in [0.15, 0.2) is 42.5 Å². The van der Waals surface area contributed by atoms with E-state index in [2.05, 4.69) is 36.3 Å². The first-order valence-corrected chi connectivity index (χ1v) is 11.0. The van der Waals surface area contributed by atoms with Crippen LogP contribution in [-0.4, -0.2) is 43.0 Å². The lowest BCUT2D eigenvalue weighted by atomic mass is 9.91. The van der Waals surface area contributed by atoms with Gasteiger partial charge in [-0.3, -0.25) is 4.79 Å². The van der Waals surface area contributed by atoms with Crippen molar-refractivity contribution in [1.82, 2.24) is 4.90 Å². The number of amides is 3. The third kappa shape index (κ3) is 6.77. The van der Waals surface area contributed by atoms with Crippen molar-refractivity contribution in [3.63, 3.8) is 0 Å². The predicted octanol–water partition coefficient (Wildman–Crippen LogP) is 5.72. The summed E-state index contributed by atoms with van der Waals surface area (Å²) in [7, 11) is 0. The maximum atomic E-state index is 12.4. The molecule has 0 aromatic heterocycles. The first kappa shape index (κ1) is 23.2. The van der Waals surface area contributed by atoms with Crippen molar-refractivity contribution in [2.45, 2.75) is 27.2 Å². The molecule has 2 aromatic rings. The molecule has 2 aromatic carbocycles. The topological polar surface area (TPSA) is 64.7 Å². The third-order valence-corrected chi connectivity index (χ3v) is 5.72. The number of hydrogen-bond acceptors (Lipinski definition) is 3. The number of hydrogen-bond donors (Lipinski definition) is 2. The summed E-state index contributed by atoms with van der Waals surface area (Å²) in [5.74, 6) is 0.222. The zero-order chi connectivity index (χ0) is 22.6. The average molecular weight is 463 g/mol. The summed E-state index contributed by atoms with van der Waals surface area (Å²) in [6.45, 7) is 9.29. The van der Waals surface area contributed by atoms with Gasteiger partial charge in [-0.05, 0) is 47.9 Å². The fourth-order valence-corrected chi connectivity index (χ4v) is 3.70. The molecule has 1 fully saturated rings. The summed E-state index contributed by atoms with van der Waals surface area (Å²) >= 11 is 11.9. The number of piperazine rings is 1. The minimum atomic E-state index is -0.364. The molecular formula is C23H28Cl2N4O2. The molecule has 0 atom stereocenters. The zero-order valence-electron chi connectivity index (χ0n) is 18.0. The number of nitrogens with one attached hydrogen (secondary N) is 2. The van der Waals surface area contributed by atoms with Crippen LogP contribution in [0.4, 0.5) is 21.9 Å². The predicted molar refractivity (Wildman–Crippen MR) is 128 cm³/mol. The molecule has 1 aliphatic heterocycles. The third-order valence-electron chi connectivity index (χ3n) is 4.98. The standard InChI is InChI=1S/C23H28Cl2N4O2/c1-23(2,3)15-21(30)29-12-10-28(11-13-29)18-7-4-16(5-8-18)26-22(31)27-17-6-9-19(24)20(25)14-17/h4-9,14H,10-13,15H2,1-3H3,(H2,26,27,31). The fraction of sp³-hybridized carbons (Fsp3) is 0.391. The summed E-state index contributed by atoms with van der Waals surface area (Å²) < 4.78 is 0. The Hall–Kier alpha value is -2.44. The smallest absolute Gasteiger partial charge is 0.323 e. The second-order valence-electron chi connectivity index (χ2n) is 8.86. The highest BCUT2D eigenvalue weighted by molar-refractivity contribution is 6.42. The number of halogens is 2. The van der Waals surface area contributed by atoms with Gasteiger partial charge in [-0.1, -0.05) is 44.0 Å². The quantitative estimate of drug-likeness (QED) is 0.610. The molecule has 0 unspecified atom stereocenters. The van der Waals surface area contributed by atoms with Crippen LogP contribution in [0.3, 0.4) is 0 Å². The van der Waals surface area contributed by atoms with E-state index in [4.69, 9.17) is 23.2 Å². The molecule has 2 N–H and O–H groups in total. The van der Waals surface area contributed by atoms with Gasteiger partial charge in [-0.25, -0.2) is 4.79 Å². The lowest BCUT2D eigenvalue weighted by molar-refractivity contribution is -0.133. The van der Waals surface area contributed by atoms with Gasteiger partial charge in [-0.15, -0.1) is 0 Å². The molecule has 0 spiro atoms. The van der Waals surface area contributed by atoms with Gasteiger partial charge >= 0.3 is 6.03 Å². The number of rotatable bonds is 4. The largest absolute Gasteiger partial charge is 0.368 e. The molecule has 8 heteroatoms. The molecule has 166 valence electrons. The van der Waals surface area contributed by atoms with E-state index in [0.29, 0.717) is 27.8 Å². The number of carbonyl (C=O) groups is 2. The molecule has 3 amide bonds. The Morgan fingerprint density at radius 1 is 0.871 bits per heavy atom. The van der Waals surface area contributed by atoms with Gasteiger partial charge < -0.3 is 20.4 Å². The first-order chi connectivity index (χ1) is 14.6. The van der Waals surface area contributed by atoms with Gasteiger partial charge in [-0.2, -0.15) is 0 Å². The second kappa shape index (κ2) is 9.79. The normalized spacial score (nSPS) is 14.4. The minimum Gasteiger partial charge on any atom is -0.368 e. The van der Waals surface area contributed by atoms with Gasteiger partial charge in [0.15, 0.2) is 0 Å². The monoisotopic (exact) mass is 462 g/mol. The van der Waals surface area contributed by atoms with Crippen LogP contribution < -0.4 is 15.5 Å². The maximum absolute atomic E-state index is 12.4. The molecule has 3 rings (SSSR count). The van der Waals surface area contributed by atoms with E-state index < -0.39 is 0 Å². The number of carbonyl (C=O) groups excluding carboxylic acids is 2. The van der Waals surface area contributed by atoms with E-state index in [0.717, 1.165) is 31.9 Å². The van der Waals surface area contributed by atoms with E-state index in [1.54, 1.807) is 18.2 Å². The summed E-state index contributed by atoms with van der Waals surface area (Å²) in [4.78, 5) is 28.8. The molecule has 1 aliphatic rings. The Bertz CT molecular complexity index is 934. The molecule has 0 radical (unpaired) electrons. The Kier molecular flexibility index (Phi) is 7.34. The van der Waals surface area contributed by atoms with Crippen LogP contribution in [-0.2, 0) is 4.79 Å². The van der Waals surface area contributed by atoms with E-state index >= 15 is 0 Å². The van der Waals surface area contributed by atoms with Crippen LogP contribution in [0.25, 0.3) is 0 Å². The van der Waals surface area contributed by atoms with E-state index in [9.17, 15) is 9.59 Å². The highest BCUT2D eigenvalue weighted by Crippen LogP contribution is 2.26. The molecule has 31 heavy (non-hydrogen) atoms. The molecule has 1 heterocycles. The molecular weight excluding hydrogens is 435 g/mol. The van der Waals surface area contributed by atoms with Crippen LogP contribution >= 0.6 is 23.2 Å². The molecule has 0 saturated carbocycles. The SMILES string of the molecule is CC(C)(C)CC(=O)N1CCN(c2ccc(NC(=O)Nc3ccc(Cl)c(Cl)c3)cc2)CC1. The second-order valence-corrected chi connectivity index (χ2v) is 9.67. The van der Waals surface area contributed by atoms with Crippen molar-refractivity contribution in [2.75, 3.05) is 41.7 Å². The van der Waals surface area contributed by atoms with Gasteiger partial charge in [0.25, 0.3) is 0 Å². The highest BCUT2D eigenvalue weighted by Gasteiger charge is 2.24. The maximum Gasteiger partial charge on any atom is 0.323 e. The molecule has 1 saturated heterocycles. The summed E-state index contributed by atoms with van der Waals surface area (Å²) in [5.41, 5.74) is 2.31. The molecule has 0 bridgehead atoms. The van der Waals surface area contributed by atoms with Crippen molar-refractivity contribution in [3.05, 3.63) is 52.5 Å². The Morgan fingerprint density at radius 2 is 1.45 bits per heavy atom. The van der Waals surface area contributed by atoms with E-state index in [1.165, 1.54) is 0 Å². The van der Waals surface area contributed by atoms with Crippen LogP contribution in [0.1, 0.15) is 27.2 Å². The number of nitrogens with zero attached hydrogens (tertiary/aromatic N) is 2. The molecule has 0 aliphatic carbocycles. The fourth-order valence-electron chi connectivity index (χ4n) is 3.40. The van der Waals surface area contributed by atoms with Crippen LogP contribution in [0.5, 0.6) is 0 Å². The van der Waals surface area contributed by atoms with Gasteiger partial charge in [0, 0.05) is 49.7 Å². The Morgan fingerprint density at radius 3 is 2.03 bits per heavy atom. The van der Waals surface area contributed by atoms with E-state index in [-0.39, 0.29) is 17.4 Å². The van der Waals surface area contributed by atoms with Crippen molar-refractivity contribution in [3.8, 4) is 0 Å². The van der Waals surface area contributed by atoms with Crippen molar-refractivity contribution >= 4 is 52.2 Å². The van der Waals surface area contributed by atoms with Gasteiger partial charge in [0.05, 0.1) is 10.0 Å². The lowest BCUT2D eigenvalue weighted by Crippen LogP contribution is -2.49. The lowest BCUT2D eigenvalue weighted by Gasteiger charge is -2.37. The van der Waals surface area contributed by atoms with E-state index in [1.807, 2.05) is 29.2 Å². The number of anilines is 3. The zero-order valence-corrected chi connectivity index (χ0v) is 19.6. The summed E-state index contributed by atoms with van der Waals surface area (Å²) in [5, 5.41) is 6.34.